The number of rotatable bonds is 11. The lowest BCUT2D eigenvalue weighted by molar-refractivity contribution is -0.124. The number of methoxy groups -OCH3 is 2. The van der Waals surface area contributed by atoms with Crippen LogP contribution < -0.4 is 25.0 Å². The van der Waals surface area contributed by atoms with E-state index >= 15 is 0 Å². The summed E-state index contributed by atoms with van der Waals surface area (Å²) < 4.78 is 16.3. The second-order valence-electron chi connectivity index (χ2n) is 7.36. The molecule has 0 aliphatic carbocycles. The second-order valence-corrected chi connectivity index (χ2v) is 7.77. The van der Waals surface area contributed by atoms with Gasteiger partial charge in [0.2, 0.25) is 11.8 Å². The number of carbonyl (C=O) groups excluding carboxylic acids is 2. The molecule has 3 aromatic carbocycles. The first-order chi connectivity index (χ1) is 17.0. The van der Waals surface area contributed by atoms with Crippen molar-refractivity contribution in [3.05, 3.63) is 82.9 Å². The maximum atomic E-state index is 12.0. The van der Waals surface area contributed by atoms with E-state index in [4.69, 9.17) is 25.8 Å². The fourth-order valence-electron chi connectivity index (χ4n) is 3.01. The maximum absolute atomic E-state index is 12.0. The van der Waals surface area contributed by atoms with E-state index in [1.165, 1.54) is 13.3 Å². The molecule has 8 nitrogen and oxygen atoms in total. The van der Waals surface area contributed by atoms with Crippen LogP contribution in [0.15, 0.2) is 71.8 Å². The van der Waals surface area contributed by atoms with E-state index in [2.05, 4.69) is 15.8 Å². The molecule has 0 atom stereocenters. The van der Waals surface area contributed by atoms with Gasteiger partial charge in [0, 0.05) is 29.1 Å². The molecular weight excluding hydrogens is 470 g/mol. The maximum Gasteiger partial charge on any atom is 0.240 e. The summed E-state index contributed by atoms with van der Waals surface area (Å²) in [4.78, 5) is 24.1. The van der Waals surface area contributed by atoms with E-state index in [0.717, 1.165) is 5.56 Å². The number of hydrogen-bond donors (Lipinski definition) is 2. The summed E-state index contributed by atoms with van der Waals surface area (Å²) >= 11 is 6.17. The summed E-state index contributed by atoms with van der Waals surface area (Å²) in [5.41, 5.74) is 4.61. The third-order valence-electron chi connectivity index (χ3n) is 4.88. The first-order valence-electron chi connectivity index (χ1n) is 10.8. The van der Waals surface area contributed by atoms with Crippen molar-refractivity contribution in [3.8, 4) is 17.2 Å². The van der Waals surface area contributed by atoms with Gasteiger partial charge in [0.15, 0.2) is 11.5 Å². The van der Waals surface area contributed by atoms with Crippen LogP contribution in [0.4, 0.5) is 5.69 Å². The van der Waals surface area contributed by atoms with Crippen molar-refractivity contribution in [1.82, 2.24) is 5.43 Å². The van der Waals surface area contributed by atoms with Gasteiger partial charge in [-0.2, -0.15) is 5.10 Å². The van der Waals surface area contributed by atoms with Gasteiger partial charge in [-0.1, -0.05) is 29.8 Å². The van der Waals surface area contributed by atoms with Gasteiger partial charge in [-0.3, -0.25) is 9.59 Å². The number of anilines is 1. The molecule has 3 aromatic rings. The Morgan fingerprint density at radius 2 is 1.66 bits per heavy atom. The zero-order valence-electron chi connectivity index (χ0n) is 19.4. The monoisotopic (exact) mass is 495 g/mol. The molecule has 0 bridgehead atoms. The van der Waals surface area contributed by atoms with Crippen molar-refractivity contribution in [2.24, 2.45) is 5.10 Å². The Hall–Kier alpha value is -4.04. The van der Waals surface area contributed by atoms with Crippen LogP contribution in [-0.2, 0) is 16.2 Å². The zero-order chi connectivity index (χ0) is 25.0. The summed E-state index contributed by atoms with van der Waals surface area (Å²) in [5.74, 6) is 1.11. The van der Waals surface area contributed by atoms with Crippen LogP contribution in [0.3, 0.4) is 0 Å². The van der Waals surface area contributed by atoms with Crippen molar-refractivity contribution in [2.45, 2.75) is 19.4 Å². The van der Waals surface area contributed by atoms with Gasteiger partial charge in [0.1, 0.15) is 12.4 Å². The van der Waals surface area contributed by atoms with Gasteiger partial charge in [0.25, 0.3) is 0 Å². The molecule has 0 radical (unpaired) electrons. The van der Waals surface area contributed by atoms with Crippen LogP contribution >= 0.6 is 11.6 Å². The summed E-state index contributed by atoms with van der Waals surface area (Å²) in [6.07, 6.45) is 1.51. The van der Waals surface area contributed by atoms with Crippen LogP contribution in [0.2, 0.25) is 5.02 Å². The number of hydrazone groups is 1. The Bertz CT molecular complexity index is 1180. The van der Waals surface area contributed by atoms with Crippen LogP contribution in [0.25, 0.3) is 0 Å². The molecule has 0 spiro atoms. The number of amides is 2. The van der Waals surface area contributed by atoms with Gasteiger partial charge < -0.3 is 19.5 Å². The summed E-state index contributed by atoms with van der Waals surface area (Å²) in [7, 11) is 3.11. The number of nitrogens with zero attached hydrogens (tertiary/aromatic N) is 1. The highest BCUT2D eigenvalue weighted by Crippen LogP contribution is 2.29. The van der Waals surface area contributed by atoms with E-state index in [1.807, 2.05) is 18.2 Å². The van der Waals surface area contributed by atoms with Gasteiger partial charge in [0.05, 0.1) is 20.4 Å². The summed E-state index contributed by atoms with van der Waals surface area (Å²) in [6.45, 7) is 0.297. The van der Waals surface area contributed by atoms with E-state index in [-0.39, 0.29) is 24.7 Å². The largest absolute Gasteiger partial charge is 0.497 e. The van der Waals surface area contributed by atoms with Crippen LogP contribution in [0.5, 0.6) is 17.2 Å². The quantitative estimate of drug-likeness (QED) is 0.294. The summed E-state index contributed by atoms with van der Waals surface area (Å²) in [5, 5.41) is 7.30. The normalized spacial score (nSPS) is 10.6. The Balaban J connectivity index is 1.46. The predicted octanol–water partition coefficient (Wildman–Crippen LogP) is 4.81. The third-order valence-corrected chi connectivity index (χ3v) is 5.25. The average molecular weight is 496 g/mol. The van der Waals surface area contributed by atoms with Crippen molar-refractivity contribution < 1.29 is 23.8 Å². The Kier molecular flexibility index (Phi) is 9.50. The topological polar surface area (TPSA) is 98.2 Å². The lowest BCUT2D eigenvalue weighted by Crippen LogP contribution is -2.20. The first-order valence-corrected chi connectivity index (χ1v) is 11.2. The number of benzene rings is 3. The minimum absolute atomic E-state index is 0.00251. The second kappa shape index (κ2) is 13.0. The lowest BCUT2D eigenvalue weighted by Gasteiger charge is -2.12. The van der Waals surface area contributed by atoms with E-state index in [9.17, 15) is 9.59 Å². The van der Waals surface area contributed by atoms with Gasteiger partial charge >= 0.3 is 0 Å². The molecule has 9 heteroatoms. The zero-order valence-corrected chi connectivity index (χ0v) is 20.2. The van der Waals surface area contributed by atoms with E-state index < -0.39 is 0 Å². The number of ether oxygens (including phenoxy) is 3. The molecule has 2 amide bonds. The molecule has 0 aliphatic rings. The Morgan fingerprint density at radius 3 is 2.37 bits per heavy atom. The van der Waals surface area contributed by atoms with Crippen molar-refractivity contribution in [1.29, 1.82) is 0 Å². The SMILES string of the molecule is COc1ccc(NC(=O)CCC(=O)NN=Cc2ccc(OCc3ccccc3Cl)c(OC)c2)cc1. The number of halogens is 1. The average Bonchev–Trinajstić information content (AvgIpc) is 2.88. The Morgan fingerprint density at radius 1 is 0.914 bits per heavy atom. The fourth-order valence-corrected chi connectivity index (χ4v) is 3.20. The van der Waals surface area contributed by atoms with Crippen LogP contribution in [-0.4, -0.2) is 32.2 Å². The van der Waals surface area contributed by atoms with E-state index in [1.54, 1.807) is 55.6 Å². The highest BCUT2D eigenvalue weighted by Gasteiger charge is 2.09. The summed E-state index contributed by atoms with van der Waals surface area (Å²) in [6, 6.07) is 19.6. The molecule has 0 fully saturated rings. The minimum Gasteiger partial charge on any atom is -0.497 e. The highest BCUT2D eigenvalue weighted by molar-refractivity contribution is 6.31. The first kappa shape index (κ1) is 25.6. The molecule has 0 aromatic heterocycles. The molecule has 0 saturated carbocycles. The van der Waals surface area contributed by atoms with Crippen molar-refractivity contribution in [3.63, 3.8) is 0 Å². The fraction of sp³-hybridized carbons (Fsp3) is 0.192. The predicted molar refractivity (Wildman–Crippen MR) is 135 cm³/mol. The highest BCUT2D eigenvalue weighted by atomic mass is 35.5. The standard InChI is InChI=1S/C26H26ClN3O5/c1-33-21-10-8-20(9-11-21)29-25(31)13-14-26(32)30-28-16-18-7-12-23(24(15-18)34-2)35-17-19-5-3-4-6-22(19)27/h3-12,15-16H,13-14,17H2,1-2H3,(H,29,31)(H,30,32). The molecule has 2 N–H and O–H groups in total. The molecule has 3 rings (SSSR count). The number of hydrogen-bond acceptors (Lipinski definition) is 6. The molecule has 35 heavy (non-hydrogen) atoms. The molecule has 0 heterocycles. The molecule has 0 aliphatic heterocycles. The van der Waals surface area contributed by atoms with Crippen molar-refractivity contribution in [2.75, 3.05) is 19.5 Å². The number of nitrogens with one attached hydrogen (secondary N) is 2. The lowest BCUT2D eigenvalue weighted by atomic mass is 10.2. The smallest absolute Gasteiger partial charge is 0.240 e. The van der Waals surface area contributed by atoms with Crippen LogP contribution in [0.1, 0.15) is 24.0 Å². The molecular formula is C26H26ClN3O5. The number of carbonyl (C=O) groups is 2. The van der Waals surface area contributed by atoms with Gasteiger partial charge in [-0.05, 0) is 54.1 Å². The third kappa shape index (κ3) is 8.04. The van der Waals surface area contributed by atoms with Crippen LogP contribution in [0, 0.1) is 0 Å². The minimum atomic E-state index is -0.377. The molecule has 0 saturated heterocycles. The van der Waals surface area contributed by atoms with Gasteiger partial charge in [-0.25, -0.2) is 5.43 Å². The Labute approximate surface area is 208 Å². The van der Waals surface area contributed by atoms with Crippen molar-refractivity contribution >= 4 is 35.3 Å². The van der Waals surface area contributed by atoms with Gasteiger partial charge in [-0.15, -0.1) is 0 Å². The van der Waals surface area contributed by atoms with E-state index in [0.29, 0.717) is 40.1 Å². The molecule has 0 unspecified atom stereocenters. The molecule has 182 valence electrons.